The molecule has 7 heteroatoms. The molecule has 1 aromatic carbocycles. The molecule has 0 atom stereocenters. The first-order valence-electron chi connectivity index (χ1n) is 6.22. The van der Waals surface area contributed by atoms with E-state index in [4.69, 9.17) is 5.11 Å². The quantitative estimate of drug-likeness (QED) is 0.794. The van der Waals surface area contributed by atoms with E-state index in [0.29, 0.717) is 5.56 Å². The van der Waals surface area contributed by atoms with Crippen LogP contribution < -0.4 is 10.6 Å². The van der Waals surface area contributed by atoms with Crippen molar-refractivity contribution in [3.63, 3.8) is 0 Å². The Labute approximate surface area is 121 Å². The van der Waals surface area contributed by atoms with Crippen molar-refractivity contribution in [1.82, 2.24) is 5.32 Å². The summed E-state index contributed by atoms with van der Waals surface area (Å²) in [6, 6.07) is 3.30. The van der Waals surface area contributed by atoms with Crippen molar-refractivity contribution in [3.8, 4) is 0 Å². The summed E-state index contributed by atoms with van der Waals surface area (Å²) in [5, 5.41) is 13.0. The standard InChI is InChI=1S/C14H17FN2O4/c1-8-4-5-10(9(15)6-8)16-13(21)17-11(18)7-14(2,3)12(19)20/h4-6H,7H2,1-3H3,(H,19,20)(H2,16,17,18,21). The summed E-state index contributed by atoms with van der Waals surface area (Å²) in [7, 11) is 0. The van der Waals surface area contributed by atoms with Crippen LogP contribution in [0.3, 0.4) is 0 Å². The molecular formula is C14H17FN2O4. The molecule has 21 heavy (non-hydrogen) atoms. The topological polar surface area (TPSA) is 95.5 Å². The number of aliphatic carboxylic acids is 1. The molecule has 3 amide bonds. The maximum absolute atomic E-state index is 13.5. The van der Waals surface area contributed by atoms with Gasteiger partial charge in [0.05, 0.1) is 11.1 Å². The van der Waals surface area contributed by atoms with E-state index in [1.54, 1.807) is 13.0 Å². The molecule has 1 rings (SSSR count). The molecule has 0 unspecified atom stereocenters. The van der Waals surface area contributed by atoms with Gasteiger partial charge < -0.3 is 10.4 Å². The summed E-state index contributed by atoms with van der Waals surface area (Å²) >= 11 is 0. The highest BCUT2D eigenvalue weighted by Crippen LogP contribution is 2.20. The lowest BCUT2D eigenvalue weighted by atomic mass is 9.89. The van der Waals surface area contributed by atoms with E-state index >= 15 is 0 Å². The Bertz CT molecular complexity index is 584. The number of rotatable bonds is 4. The van der Waals surface area contributed by atoms with E-state index in [1.807, 2.05) is 5.32 Å². The first kappa shape index (κ1) is 16.6. The molecular weight excluding hydrogens is 279 g/mol. The molecule has 0 spiro atoms. The normalized spacial score (nSPS) is 10.9. The molecule has 0 aliphatic carbocycles. The summed E-state index contributed by atoms with van der Waals surface area (Å²) in [4.78, 5) is 34.0. The van der Waals surface area contributed by atoms with Gasteiger partial charge in [0.1, 0.15) is 5.82 Å². The van der Waals surface area contributed by atoms with Crippen molar-refractivity contribution in [3.05, 3.63) is 29.6 Å². The van der Waals surface area contributed by atoms with Crippen LogP contribution in [0.1, 0.15) is 25.8 Å². The Balaban J connectivity index is 2.61. The van der Waals surface area contributed by atoms with Gasteiger partial charge in [0.2, 0.25) is 5.91 Å². The maximum atomic E-state index is 13.5. The van der Waals surface area contributed by atoms with E-state index in [2.05, 4.69) is 5.32 Å². The van der Waals surface area contributed by atoms with Crippen LogP contribution in [0, 0.1) is 18.2 Å². The van der Waals surface area contributed by atoms with Crippen molar-refractivity contribution in [2.24, 2.45) is 5.41 Å². The van der Waals surface area contributed by atoms with Gasteiger partial charge in [-0.15, -0.1) is 0 Å². The van der Waals surface area contributed by atoms with Gasteiger partial charge in [0.15, 0.2) is 0 Å². The summed E-state index contributed by atoms with van der Waals surface area (Å²) in [6.07, 6.45) is -0.369. The van der Waals surface area contributed by atoms with Crippen molar-refractivity contribution < 1.29 is 23.9 Å². The van der Waals surface area contributed by atoms with Crippen LogP contribution in [-0.2, 0) is 9.59 Å². The molecule has 0 saturated carbocycles. The van der Waals surface area contributed by atoms with Crippen LogP contribution in [-0.4, -0.2) is 23.0 Å². The lowest BCUT2D eigenvalue weighted by Crippen LogP contribution is -2.38. The van der Waals surface area contributed by atoms with Crippen LogP contribution >= 0.6 is 0 Å². The molecule has 0 heterocycles. The van der Waals surface area contributed by atoms with Gasteiger partial charge in [0.25, 0.3) is 0 Å². The smallest absolute Gasteiger partial charge is 0.325 e. The molecule has 0 radical (unpaired) electrons. The highest BCUT2D eigenvalue weighted by molar-refractivity contribution is 6.02. The Morgan fingerprint density at radius 3 is 2.43 bits per heavy atom. The molecule has 3 N–H and O–H groups in total. The Morgan fingerprint density at radius 1 is 1.29 bits per heavy atom. The van der Waals surface area contributed by atoms with Gasteiger partial charge in [-0.2, -0.15) is 0 Å². The summed E-state index contributed by atoms with van der Waals surface area (Å²) < 4.78 is 13.5. The number of carboxylic acid groups (broad SMARTS) is 1. The number of carbonyl (C=O) groups is 3. The SMILES string of the molecule is Cc1ccc(NC(=O)NC(=O)CC(C)(C)C(=O)O)c(F)c1. The Kier molecular flexibility index (Phi) is 5.02. The highest BCUT2D eigenvalue weighted by Gasteiger charge is 2.30. The fraction of sp³-hybridized carbons (Fsp3) is 0.357. The number of benzene rings is 1. The zero-order valence-corrected chi connectivity index (χ0v) is 12.0. The average molecular weight is 296 g/mol. The van der Waals surface area contributed by atoms with Gasteiger partial charge in [0, 0.05) is 6.42 Å². The van der Waals surface area contributed by atoms with Crippen LogP contribution in [0.15, 0.2) is 18.2 Å². The Hall–Kier alpha value is -2.44. The number of hydrogen-bond donors (Lipinski definition) is 3. The molecule has 6 nitrogen and oxygen atoms in total. The minimum atomic E-state index is -1.29. The molecule has 0 bridgehead atoms. The number of urea groups is 1. The first-order valence-corrected chi connectivity index (χ1v) is 6.22. The van der Waals surface area contributed by atoms with Gasteiger partial charge >= 0.3 is 12.0 Å². The number of nitrogens with one attached hydrogen (secondary N) is 2. The molecule has 0 saturated heterocycles. The maximum Gasteiger partial charge on any atom is 0.325 e. The lowest BCUT2D eigenvalue weighted by molar-refractivity contribution is -0.149. The third kappa shape index (κ3) is 4.87. The minimum absolute atomic E-state index is 0.0663. The number of aryl methyl sites for hydroxylation is 1. The van der Waals surface area contributed by atoms with E-state index in [1.165, 1.54) is 26.0 Å². The van der Waals surface area contributed by atoms with Crippen LogP contribution in [0.4, 0.5) is 14.9 Å². The number of carbonyl (C=O) groups excluding carboxylic acids is 2. The van der Waals surface area contributed by atoms with E-state index in [0.717, 1.165) is 0 Å². The predicted molar refractivity (Wildman–Crippen MR) is 74.3 cm³/mol. The molecule has 0 aliphatic heterocycles. The van der Waals surface area contributed by atoms with Crippen LogP contribution in [0.5, 0.6) is 0 Å². The summed E-state index contributed by atoms with van der Waals surface area (Å²) in [5.74, 6) is -2.53. The first-order chi connectivity index (χ1) is 9.61. The highest BCUT2D eigenvalue weighted by atomic mass is 19.1. The number of carboxylic acids is 1. The lowest BCUT2D eigenvalue weighted by Gasteiger charge is -2.17. The minimum Gasteiger partial charge on any atom is -0.481 e. The zero-order chi connectivity index (χ0) is 16.2. The molecule has 0 fully saturated rings. The van der Waals surface area contributed by atoms with Crippen LogP contribution in [0.25, 0.3) is 0 Å². The van der Waals surface area contributed by atoms with Crippen molar-refractivity contribution in [2.45, 2.75) is 27.2 Å². The molecule has 0 aliphatic rings. The Morgan fingerprint density at radius 2 is 1.90 bits per heavy atom. The molecule has 1 aromatic rings. The predicted octanol–water partition coefficient (Wildman–Crippen LogP) is 2.28. The number of imide groups is 1. The third-order valence-electron chi connectivity index (χ3n) is 2.81. The van der Waals surface area contributed by atoms with Gasteiger partial charge in [-0.25, -0.2) is 9.18 Å². The third-order valence-corrected chi connectivity index (χ3v) is 2.81. The number of amides is 3. The largest absolute Gasteiger partial charge is 0.481 e. The van der Waals surface area contributed by atoms with E-state index in [9.17, 15) is 18.8 Å². The van der Waals surface area contributed by atoms with E-state index in [-0.39, 0.29) is 12.1 Å². The summed E-state index contributed by atoms with van der Waals surface area (Å²) in [5.41, 5.74) is -0.666. The van der Waals surface area contributed by atoms with Gasteiger partial charge in [-0.05, 0) is 38.5 Å². The second-order valence-electron chi connectivity index (χ2n) is 5.35. The number of halogens is 1. The summed E-state index contributed by atoms with van der Waals surface area (Å²) in [6.45, 7) is 4.43. The van der Waals surface area contributed by atoms with Crippen molar-refractivity contribution in [2.75, 3.05) is 5.32 Å². The molecule has 0 aromatic heterocycles. The van der Waals surface area contributed by atoms with E-state index < -0.39 is 29.1 Å². The second kappa shape index (κ2) is 6.34. The number of hydrogen-bond acceptors (Lipinski definition) is 3. The van der Waals surface area contributed by atoms with Gasteiger partial charge in [-0.3, -0.25) is 14.9 Å². The average Bonchev–Trinajstić information content (AvgIpc) is 2.31. The fourth-order valence-electron chi connectivity index (χ4n) is 1.52. The zero-order valence-electron chi connectivity index (χ0n) is 12.0. The second-order valence-corrected chi connectivity index (χ2v) is 5.35. The van der Waals surface area contributed by atoms with Crippen molar-refractivity contribution in [1.29, 1.82) is 0 Å². The molecule has 114 valence electrons. The van der Waals surface area contributed by atoms with Crippen LogP contribution in [0.2, 0.25) is 0 Å². The fourth-order valence-corrected chi connectivity index (χ4v) is 1.52. The van der Waals surface area contributed by atoms with Crippen molar-refractivity contribution >= 4 is 23.6 Å². The monoisotopic (exact) mass is 296 g/mol. The number of anilines is 1. The van der Waals surface area contributed by atoms with Gasteiger partial charge in [-0.1, -0.05) is 6.07 Å².